The molecule has 0 saturated heterocycles. The first-order valence-electron chi connectivity index (χ1n) is 8.59. The zero-order chi connectivity index (χ0) is 19.4. The molecular formula is C19H22N6O2. The highest BCUT2D eigenvalue weighted by atomic mass is 16.2. The third-order valence-electron chi connectivity index (χ3n) is 4.27. The molecule has 0 radical (unpaired) electrons. The largest absolute Gasteiger partial charge is 0.358 e. The summed E-state index contributed by atoms with van der Waals surface area (Å²) in [6.07, 6.45) is 7.12. The van der Waals surface area contributed by atoms with Crippen LogP contribution in [-0.2, 0) is 18.4 Å². The number of amides is 2. The molecule has 140 valence electrons. The van der Waals surface area contributed by atoms with Crippen LogP contribution in [0.15, 0.2) is 49.1 Å². The third-order valence-corrected chi connectivity index (χ3v) is 4.27. The molecular weight excluding hydrogens is 344 g/mol. The first-order valence-corrected chi connectivity index (χ1v) is 8.59. The molecule has 8 heteroatoms. The Hall–Kier alpha value is -3.42. The average molecular weight is 366 g/mol. The number of nitrogens with zero attached hydrogens (tertiary/aromatic N) is 4. The van der Waals surface area contributed by atoms with Gasteiger partial charge < -0.3 is 10.6 Å². The number of hydrogen-bond acceptors (Lipinski definition) is 4. The predicted octanol–water partition coefficient (Wildman–Crippen LogP) is 1.52. The van der Waals surface area contributed by atoms with Crippen molar-refractivity contribution in [2.45, 2.75) is 19.5 Å². The monoisotopic (exact) mass is 366 g/mol. The van der Waals surface area contributed by atoms with Gasteiger partial charge in [-0.2, -0.15) is 10.2 Å². The first-order chi connectivity index (χ1) is 13.0. The van der Waals surface area contributed by atoms with E-state index in [-0.39, 0.29) is 24.4 Å². The summed E-state index contributed by atoms with van der Waals surface area (Å²) >= 11 is 0. The average Bonchev–Trinajstić information content (AvgIpc) is 3.31. The van der Waals surface area contributed by atoms with Crippen molar-refractivity contribution in [3.05, 3.63) is 60.2 Å². The zero-order valence-corrected chi connectivity index (χ0v) is 15.5. The molecule has 0 aliphatic carbocycles. The minimum Gasteiger partial charge on any atom is -0.358 e. The highest BCUT2D eigenvalue weighted by molar-refractivity contribution is 5.94. The second-order valence-electron chi connectivity index (χ2n) is 6.32. The molecule has 2 aromatic heterocycles. The van der Waals surface area contributed by atoms with E-state index in [1.54, 1.807) is 47.1 Å². The van der Waals surface area contributed by atoms with E-state index in [0.29, 0.717) is 5.56 Å². The topological polar surface area (TPSA) is 93.8 Å². The molecule has 0 aliphatic rings. The molecule has 2 N–H and O–H groups in total. The number of rotatable bonds is 6. The van der Waals surface area contributed by atoms with Crippen molar-refractivity contribution in [3.63, 3.8) is 0 Å². The van der Waals surface area contributed by atoms with E-state index >= 15 is 0 Å². The van der Waals surface area contributed by atoms with E-state index in [9.17, 15) is 9.59 Å². The van der Waals surface area contributed by atoms with E-state index in [0.717, 1.165) is 16.7 Å². The van der Waals surface area contributed by atoms with Gasteiger partial charge in [-0.1, -0.05) is 12.1 Å². The van der Waals surface area contributed by atoms with E-state index in [4.69, 9.17) is 0 Å². The summed E-state index contributed by atoms with van der Waals surface area (Å²) < 4.78 is 3.28. The van der Waals surface area contributed by atoms with Gasteiger partial charge in [0.2, 0.25) is 5.91 Å². The van der Waals surface area contributed by atoms with Gasteiger partial charge in [-0.3, -0.25) is 19.0 Å². The lowest BCUT2D eigenvalue weighted by Gasteiger charge is -2.12. The number of aryl methyl sites for hydroxylation is 1. The van der Waals surface area contributed by atoms with Crippen LogP contribution in [0.4, 0.5) is 0 Å². The van der Waals surface area contributed by atoms with Crippen LogP contribution in [0, 0.1) is 0 Å². The molecule has 2 heterocycles. The molecule has 8 nitrogen and oxygen atoms in total. The SMILES string of the molecule is CNC(=O)Cn1cc(-c2ccc(C(=O)N[C@H](C)c3cnn(C)c3)cc2)cn1. The molecule has 0 fully saturated rings. The summed E-state index contributed by atoms with van der Waals surface area (Å²) in [6.45, 7) is 2.09. The third kappa shape index (κ3) is 4.41. The Balaban J connectivity index is 1.66. The Morgan fingerprint density at radius 1 is 1.07 bits per heavy atom. The van der Waals surface area contributed by atoms with Crippen molar-refractivity contribution in [3.8, 4) is 11.1 Å². The Morgan fingerprint density at radius 3 is 2.44 bits per heavy atom. The molecule has 1 aromatic carbocycles. The quantitative estimate of drug-likeness (QED) is 0.692. The number of benzene rings is 1. The van der Waals surface area contributed by atoms with Crippen molar-refractivity contribution in [1.82, 2.24) is 30.2 Å². The van der Waals surface area contributed by atoms with E-state index in [2.05, 4.69) is 20.8 Å². The Labute approximate surface area is 157 Å². The van der Waals surface area contributed by atoms with Crippen molar-refractivity contribution >= 4 is 11.8 Å². The lowest BCUT2D eigenvalue weighted by molar-refractivity contribution is -0.121. The van der Waals surface area contributed by atoms with Gasteiger partial charge in [0.05, 0.1) is 18.4 Å². The lowest BCUT2D eigenvalue weighted by atomic mass is 10.1. The van der Waals surface area contributed by atoms with Crippen molar-refractivity contribution < 1.29 is 9.59 Å². The maximum atomic E-state index is 12.4. The first kappa shape index (κ1) is 18.4. The van der Waals surface area contributed by atoms with Crippen LogP contribution >= 0.6 is 0 Å². The molecule has 0 saturated carbocycles. The molecule has 3 aromatic rings. The Bertz CT molecular complexity index is 941. The second kappa shape index (κ2) is 7.86. The number of aromatic nitrogens is 4. The van der Waals surface area contributed by atoms with Crippen LogP contribution in [0.1, 0.15) is 28.9 Å². The van der Waals surface area contributed by atoms with Crippen LogP contribution in [0.25, 0.3) is 11.1 Å². The lowest BCUT2D eigenvalue weighted by Crippen LogP contribution is -2.26. The van der Waals surface area contributed by atoms with Gasteiger partial charge in [0, 0.05) is 43.2 Å². The summed E-state index contributed by atoms with van der Waals surface area (Å²) in [7, 11) is 3.43. The standard InChI is InChI=1S/C19H22N6O2/c1-13(16-8-21-24(3)10-16)23-19(27)15-6-4-14(5-7-15)17-9-22-25(11-17)12-18(26)20-2/h4-11,13H,12H2,1-3H3,(H,20,26)(H,23,27)/t13-/m1/s1. The minimum atomic E-state index is -0.145. The van der Waals surface area contributed by atoms with Gasteiger partial charge in [-0.15, -0.1) is 0 Å². The van der Waals surface area contributed by atoms with Crippen molar-refractivity contribution in [2.75, 3.05) is 7.05 Å². The van der Waals surface area contributed by atoms with E-state index in [1.807, 2.05) is 32.3 Å². The number of likely N-dealkylation sites (N-methyl/N-ethyl adjacent to an activating group) is 1. The smallest absolute Gasteiger partial charge is 0.251 e. The number of hydrogen-bond donors (Lipinski definition) is 2. The van der Waals surface area contributed by atoms with E-state index in [1.165, 1.54) is 0 Å². The molecule has 27 heavy (non-hydrogen) atoms. The number of nitrogens with one attached hydrogen (secondary N) is 2. The summed E-state index contributed by atoms with van der Waals surface area (Å²) in [5.41, 5.74) is 3.34. The number of carbonyl (C=O) groups excluding carboxylic acids is 2. The maximum Gasteiger partial charge on any atom is 0.251 e. The van der Waals surface area contributed by atoms with Crippen LogP contribution in [0.5, 0.6) is 0 Å². The van der Waals surface area contributed by atoms with E-state index < -0.39 is 0 Å². The van der Waals surface area contributed by atoms with Gasteiger partial charge in [-0.05, 0) is 24.6 Å². The number of carbonyl (C=O) groups is 2. The molecule has 2 amide bonds. The zero-order valence-electron chi connectivity index (χ0n) is 15.5. The van der Waals surface area contributed by atoms with Gasteiger partial charge in [0.15, 0.2) is 0 Å². The minimum absolute atomic E-state index is 0.112. The highest BCUT2D eigenvalue weighted by Crippen LogP contribution is 2.19. The van der Waals surface area contributed by atoms with Gasteiger partial charge in [-0.25, -0.2) is 0 Å². The van der Waals surface area contributed by atoms with Gasteiger partial charge >= 0.3 is 0 Å². The van der Waals surface area contributed by atoms with Gasteiger partial charge in [0.1, 0.15) is 6.54 Å². The maximum absolute atomic E-state index is 12.4. The van der Waals surface area contributed by atoms with Crippen LogP contribution in [0.3, 0.4) is 0 Å². The van der Waals surface area contributed by atoms with Crippen molar-refractivity contribution in [1.29, 1.82) is 0 Å². The Morgan fingerprint density at radius 2 is 1.81 bits per heavy atom. The highest BCUT2D eigenvalue weighted by Gasteiger charge is 2.13. The fourth-order valence-corrected chi connectivity index (χ4v) is 2.67. The second-order valence-corrected chi connectivity index (χ2v) is 6.32. The molecule has 0 aliphatic heterocycles. The summed E-state index contributed by atoms with van der Waals surface area (Å²) in [5, 5.41) is 13.8. The molecule has 1 atom stereocenters. The van der Waals surface area contributed by atoms with Crippen LogP contribution < -0.4 is 10.6 Å². The fourth-order valence-electron chi connectivity index (χ4n) is 2.67. The summed E-state index contributed by atoms with van der Waals surface area (Å²) in [5.74, 6) is -0.257. The summed E-state index contributed by atoms with van der Waals surface area (Å²) in [6, 6.07) is 7.15. The normalized spacial score (nSPS) is 11.8. The fraction of sp³-hybridized carbons (Fsp3) is 0.263. The Kier molecular flexibility index (Phi) is 5.35. The molecule has 0 bridgehead atoms. The molecule has 3 rings (SSSR count). The molecule has 0 unspecified atom stereocenters. The van der Waals surface area contributed by atoms with Gasteiger partial charge in [0.25, 0.3) is 5.91 Å². The van der Waals surface area contributed by atoms with Crippen LogP contribution in [0.2, 0.25) is 0 Å². The van der Waals surface area contributed by atoms with Crippen molar-refractivity contribution in [2.24, 2.45) is 7.05 Å². The molecule has 0 spiro atoms. The van der Waals surface area contributed by atoms with Crippen LogP contribution in [-0.4, -0.2) is 38.4 Å². The predicted molar refractivity (Wildman–Crippen MR) is 101 cm³/mol. The summed E-state index contributed by atoms with van der Waals surface area (Å²) in [4.78, 5) is 23.9.